The molecule has 1 amide bonds. The van der Waals surface area contributed by atoms with Crippen LogP contribution in [0.15, 0.2) is 18.5 Å². The zero-order chi connectivity index (χ0) is 24.1. The molecule has 11 heteroatoms. The lowest BCUT2D eigenvalue weighted by molar-refractivity contribution is -0.0969. The molecular formula is C24H32N8O3. The van der Waals surface area contributed by atoms with E-state index in [-0.39, 0.29) is 18.1 Å². The lowest BCUT2D eigenvalue weighted by Crippen LogP contribution is -2.64. The van der Waals surface area contributed by atoms with Gasteiger partial charge in [-0.1, -0.05) is 0 Å². The molecule has 3 saturated heterocycles. The number of H-pyrrole nitrogens is 1. The van der Waals surface area contributed by atoms with Gasteiger partial charge < -0.3 is 24.3 Å². The SMILES string of the molecule is C[C@@H]1CN(C2CN(C(=O)c3nc4c(N5CCOCC5)cc(-c5cnn(C)c5)nc4[nH]3)C2)C[C@H](C)O1. The Balaban J connectivity index is 1.26. The number of aromatic amines is 1. The number of fused-ring (bicyclic) bond motifs is 1. The molecule has 3 aliphatic heterocycles. The molecule has 0 saturated carbocycles. The minimum atomic E-state index is -0.0792. The second-order valence-corrected chi connectivity index (χ2v) is 9.89. The van der Waals surface area contributed by atoms with Crippen LogP contribution in [0.1, 0.15) is 24.5 Å². The lowest BCUT2D eigenvalue weighted by atomic mass is 10.0. The fraction of sp³-hybridized carbons (Fsp3) is 0.583. The van der Waals surface area contributed by atoms with E-state index in [2.05, 4.69) is 33.7 Å². The number of pyridine rings is 1. The van der Waals surface area contributed by atoms with Gasteiger partial charge in [0.05, 0.1) is 43.0 Å². The van der Waals surface area contributed by atoms with Crippen molar-refractivity contribution in [3.05, 3.63) is 24.3 Å². The van der Waals surface area contributed by atoms with E-state index >= 15 is 0 Å². The van der Waals surface area contributed by atoms with Crippen molar-refractivity contribution in [1.29, 1.82) is 0 Å². The van der Waals surface area contributed by atoms with Crippen molar-refractivity contribution < 1.29 is 14.3 Å². The summed E-state index contributed by atoms with van der Waals surface area (Å²) in [6, 6.07) is 2.41. The maximum absolute atomic E-state index is 13.3. The summed E-state index contributed by atoms with van der Waals surface area (Å²) in [7, 11) is 1.89. The number of hydrogen-bond donors (Lipinski definition) is 1. The van der Waals surface area contributed by atoms with Gasteiger partial charge in [0.2, 0.25) is 0 Å². The van der Waals surface area contributed by atoms with Gasteiger partial charge in [0.15, 0.2) is 11.5 Å². The van der Waals surface area contributed by atoms with Gasteiger partial charge in [0.25, 0.3) is 5.91 Å². The number of nitrogens with zero attached hydrogens (tertiary/aromatic N) is 7. The summed E-state index contributed by atoms with van der Waals surface area (Å²) in [4.78, 5) is 32.6. The molecule has 3 aliphatic rings. The molecule has 35 heavy (non-hydrogen) atoms. The normalized spacial score (nSPS) is 24.2. The summed E-state index contributed by atoms with van der Waals surface area (Å²) in [5.74, 6) is 0.261. The van der Waals surface area contributed by atoms with Crippen molar-refractivity contribution in [2.75, 3.05) is 57.4 Å². The average molecular weight is 481 g/mol. The monoisotopic (exact) mass is 480 g/mol. The van der Waals surface area contributed by atoms with Gasteiger partial charge in [-0.25, -0.2) is 9.97 Å². The smallest absolute Gasteiger partial charge is 0.289 e. The third-order valence-corrected chi connectivity index (χ3v) is 7.10. The first-order valence-electron chi connectivity index (χ1n) is 12.4. The number of amides is 1. The van der Waals surface area contributed by atoms with Crippen molar-refractivity contribution in [1.82, 2.24) is 34.5 Å². The topological polar surface area (TPSA) is 105 Å². The standard InChI is InChI=1S/C24H32N8O3/c1-15-10-31(11-16(2)35-15)18-13-32(14-18)24(33)23-27-21-20(30-4-6-34-7-5-30)8-19(26-22(21)28-23)17-9-25-29(3)12-17/h8-9,12,15-16,18H,4-7,10-11,13-14H2,1-3H3,(H,26,27,28)/t15-,16+. The third-order valence-electron chi connectivity index (χ3n) is 7.10. The molecule has 6 heterocycles. The molecule has 1 N–H and O–H groups in total. The summed E-state index contributed by atoms with van der Waals surface area (Å²) in [5.41, 5.74) is 4.02. The molecule has 0 spiro atoms. The Morgan fingerprint density at radius 1 is 1.09 bits per heavy atom. The highest BCUT2D eigenvalue weighted by atomic mass is 16.5. The molecular weight excluding hydrogens is 448 g/mol. The number of likely N-dealkylation sites (tertiary alicyclic amines) is 1. The van der Waals surface area contributed by atoms with Crippen LogP contribution < -0.4 is 4.90 Å². The Bertz CT molecular complexity index is 1220. The number of aromatic nitrogens is 5. The molecule has 0 aromatic carbocycles. The second kappa shape index (κ2) is 8.89. The average Bonchev–Trinajstić information content (AvgIpc) is 3.43. The largest absolute Gasteiger partial charge is 0.378 e. The Morgan fingerprint density at radius 2 is 1.83 bits per heavy atom. The summed E-state index contributed by atoms with van der Waals surface area (Å²) >= 11 is 0. The van der Waals surface area contributed by atoms with Gasteiger partial charge in [-0.15, -0.1) is 0 Å². The predicted octanol–water partition coefficient (Wildman–Crippen LogP) is 1.13. The minimum absolute atomic E-state index is 0.0792. The maximum Gasteiger partial charge on any atom is 0.289 e. The van der Waals surface area contributed by atoms with Gasteiger partial charge in [-0.05, 0) is 19.9 Å². The van der Waals surface area contributed by atoms with E-state index in [0.29, 0.717) is 43.8 Å². The van der Waals surface area contributed by atoms with Crippen LogP contribution in [0.2, 0.25) is 0 Å². The number of hydrogen-bond acceptors (Lipinski definition) is 8. The van der Waals surface area contributed by atoms with Crippen LogP contribution in [0.5, 0.6) is 0 Å². The number of rotatable bonds is 4. The first-order valence-corrected chi connectivity index (χ1v) is 12.4. The highest BCUT2D eigenvalue weighted by Crippen LogP contribution is 2.31. The predicted molar refractivity (Wildman–Crippen MR) is 130 cm³/mol. The van der Waals surface area contributed by atoms with Gasteiger partial charge in [0.1, 0.15) is 5.52 Å². The van der Waals surface area contributed by atoms with E-state index < -0.39 is 0 Å². The Morgan fingerprint density at radius 3 is 2.51 bits per heavy atom. The van der Waals surface area contributed by atoms with Crippen LogP contribution in [0.4, 0.5) is 5.69 Å². The molecule has 6 rings (SSSR count). The zero-order valence-electron chi connectivity index (χ0n) is 20.5. The lowest BCUT2D eigenvalue weighted by Gasteiger charge is -2.48. The van der Waals surface area contributed by atoms with Crippen molar-refractivity contribution in [2.45, 2.75) is 32.1 Å². The number of ether oxygens (including phenoxy) is 2. The number of anilines is 1. The van der Waals surface area contributed by atoms with E-state index in [1.807, 2.05) is 24.2 Å². The highest BCUT2D eigenvalue weighted by Gasteiger charge is 2.39. The van der Waals surface area contributed by atoms with Crippen molar-refractivity contribution in [2.24, 2.45) is 7.05 Å². The summed E-state index contributed by atoms with van der Waals surface area (Å²) in [6.45, 7) is 10.3. The molecule has 3 fully saturated rings. The number of nitrogens with one attached hydrogen (secondary N) is 1. The van der Waals surface area contributed by atoms with Gasteiger partial charge in [0, 0.05) is 64.1 Å². The minimum Gasteiger partial charge on any atom is -0.378 e. The van der Waals surface area contributed by atoms with Crippen LogP contribution >= 0.6 is 0 Å². The van der Waals surface area contributed by atoms with E-state index in [4.69, 9.17) is 19.4 Å². The number of carbonyl (C=O) groups excluding carboxylic acids is 1. The number of imidazole rings is 1. The van der Waals surface area contributed by atoms with Crippen LogP contribution in [-0.2, 0) is 16.5 Å². The maximum atomic E-state index is 13.3. The molecule has 0 aliphatic carbocycles. The Hall–Kier alpha value is -3.02. The first-order chi connectivity index (χ1) is 16.9. The fourth-order valence-electron chi connectivity index (χ4n) is 5.34. The Kier molecular flexibility index (Phi) is 5.70. The summed E-state index contributed by atoms with van der Waals surface area (Å²) < 4.78 is 13.2. The molecule has 0 radical (unpaired) electrons. The molecule has 0 unspecified atom stereocenters. The van der Waals surface area contributed by atoms with Crippen LogP contribution in [0.3, 0.4) is 0 Å². The van der Waals surface area contributed by atoms with Gasteiger partial charge in [-0.2, -0.15) is 5.10 Å². The number of morpholine rings is 2. The molecule has 11 nitrogen and oxygen atoms in total. The van der Waals surface area contributed by atoms with Crippen molar-refractivity contribution in [3.63, 3.8) is 0 Å². The van der Waals surface area contributed by atoms with E-state index in [1.54, 1.807) is 10.9 Å². The van der Waals surface area contributed by atoms with E-state index in [9.17, 15) is 4.79 Å². The van der Waals surface area contributed by atoms with Gasteiger partial charge >= 0.3 is 0 Å². The van der Waals surface area contributed by atoms with Crippen LogP contribution in [0.25, 0.3) is 22.4 Å². The molecule has 2 atom stereocenters. The molecule has 3 aromatic rings. The summed E-state index contributed by atoms with van der Waals surface area (Å²) in [5, 5.41) is 4.29. The fourth-order valence-corrected chi connectivity index (χ4v) is 5.34. The first kappa shape index (κ1) is 22.4. The molecule has 186 valence electrons. The zero-order valence-corrected chi connectivity index (χ0v) is 20.5. The van der Waals surface area contributed by atoms with E-state index in [0.717, 1.165) is 48.6 Å². The third kappa shape index (κ3) is 4.28. The molecule has 0 bridgehead atoms. The molecule has 3 aromatic heterocycles. The van der Waals surface area contributed by atoms with Crippen molar-refractivity contribution in [3.8, 4) is 11.3 Å². The Labute approximate surface area is 204 Å². The van der Waals surface area contributed by atoms with E-state index in [1.165, 1.54) is 0 Å². The van der Waals surface area contributed by atoms with Crippen LogP contribution in [-0.4, -0.2) is 111 Å². The number of aryl methyl sites for hydroxylation is 1. The van der Waals surface area contributed by atoms with Crippen LogP contribution in [0, 0.1) is 0 Å². The van der Waals surface area contributed by atoms with Crippen molar-refractivity contribution >= 4 is 22.8 Å². The van der Waals surface area contributed by atoms with Gasteiger partial charge in [-0.3, -0.25) is 14.4 Å². The highest BCUT2D eigenvalue weighted by molar-refractivity contribution is 5.97. The quantitative estimate of drug-likeness (QED) is 0.593. The number of carbonyl (C=O) groups is 1. The summed E-state index contributed by atoms with van der Waals surface area (Å²) in [6.07, 6.45) is 4.18. The second-order valence-electron chi connectivity index (χ2n) is 9.89.